The minimum absolute atomic E-state index is 0.0612. The van der Waals surface area contributed by atoms with E-state index in [0.717, 1.165) is 14.8 Å². The lowest BCUT2D eigenvalue weighted by molar-refractivity contribution is -0.141. The highest BCUT2D eigenvalue weighted by atomic mass is 127. The first-order valence-electron chi connectivity index (χ1n) is 6.27. The minimum Gasteiger partial charge on any atom is -0.481 e. The molecule has 1 aliphatic rings. The number of hydrogen-bond donors (Lipinski definition) is 2. The van der Waals surface area contributed by atoms with Crippen LogP contribution in [0.3, 0.4) is 0 Å². The molecule has 1 fully saturated rings. The van der Waals surface area contributed by atoms with Gasteiger partial charge in [-0.05, 0) is 66.5 Å². The van der Waals surface area contributed by atoms with Gasteiger partial charge in [-0.1, -0.05) is 6.07 Å². The largest absolute Gasteiger partial charge is 0.481 e. The fraction of sp³-hybridized carbons (Fsp3) is 0.429. The van der Waals surface area contributed by atoms with Crippen LogP contribution in [-0.4, -0.2) is 17.0 Å². The van der Waals surface area contributed by atoms with Crippen LogP contribution in [0, 0.1) is 22.3 Å². The van der Waals surface area contributed by atoms with Crippen molar-refractivity contribution in [3.63, 3.8) is 0 Å². The molecule has 0 spiro atoms. The van der Waals surface area contributed by atoms with Gasteiger partial charge >= 0.3 is 5.97 Å². The Morgan fingerprint density at radius 3 is 2.63 bits per heavy atom. The molecule has 1 amide bonds. The SMILES string of the molecule is Cc1ccc(I)cc1NC(=O)[C@@H]1CC[C@H](C(=O)O)C1. The number of hydrogen-bond acceptors (Lipinski definition) is 2. The van der Waals surface area contributed by atoms with Crippen LogP contribution in [0.1, 0.15) is 24.8 Å². The smallest absolute Gasteiger partial charge is 0.306 e. The van der Waals surface area contributed by atoms with E-state index in [9.17, 15) is 9.59 Å². The number of anilines is 1. The average Bonchev–Trinajstić information content (AvgIpc) is 2.83. The van der Waals surface area contributed by atoms with E-state index in [4.69, 9.17) is 5.11 Å². The molecule has 1 aromatic rings. The number of carbonyl (C=O) groups excluding carboxylic acids is 1. The van der Waals surface area contributed by atoms with Gasteiger partial charge in [-0.15, -0.1) is 0 Å². The Balaban J connectivity index is 2.02. The monoisotopic (exact) mass is 373 g/mol. The van der Waals surface area contributed by atoms with Crippen molar-refractivity contribution >= 4 is 40.2 Å². The highest BCUT2D eigenvalue weighted by Crippen LogP contribution is 2.32. The van der Waals surface area contributed by atoms with Crippen molar-refractivity contribution in [2.75, 3.05) is 5.32 Å². The summed E-state index contributed by atoms with van der Waals surface area (Å²) in [6, 6.07) is 5.88. The molecule has 1 aliphatic carbocycles. The molecule has 2 rings (SSSR count). The van der Waals surface area contributed by atoms with Crippen LogP contribution in [0.2, 0.25) is 0 Å². The van der Waals surface area contributed by atoms with Crippen molar-refractivity contribution in [2.24, 2.45) is 11.8 Å². The molecular formula is C14H16INO3. The topological polar surface area (TPSA) is 66.4 Å². The van der Waals surface area contributed by atoms with Gasteiger partial charge in [-0.3, -0.25) is 9.59 Å². The Hall–Kier alpha value is -1.11. The lowest BCUT2D eigenvalue weighted by Crippen LogP contribution is -2.22. The predicted molar refractivity (Wildman–Crippen MR) is 81.0 cm³/mol. The second-order valence-corrected chi connectivity index (χ2v) is 6.24. The first-order chi connectivity index (χ1) is 8.97. The Morgan fingerprint density at radius 2 is 2.00 bits per heavy atom. The summed E-state index contributed by atoms with van der Waals surface area (Å²) in [6.07, 6.45) is 1.70. The van der Waals surface area contributed by atoms with Gasteiger partial charge in [-0.25, -0.2) is 0 Å². The van der Waals surface area contributed by atoms with Crippen LogP contribution >= 0.6 is 22.6 Å². The van der Waals surface area contributed by atoms with Gasteiger partial charge in [0, 0.05) is 15.2 Å². The summed E-state index contributed by atoms with van der Waals surface area (Å²) < 4.78 is 1.06. The summed E-state index contributed by atoms with van der Waals surface area (Å²) in [5.74, 6) is -1.40. The highest BCUT2D eigenvalue weighted by Gasteiger charge is 2.33. The molecule has 0 bridgehead atoms. The molecule has 19 heavy (non-hydrogen) atoms. The Kier molecular flexibility index (Phi) is 4.44. The molecule has 0 aliphatic heterocycles. The molecule has 2 atom stereocenters. The molecule has 102 valence electrons. The maximum Gasteiger partial charge on any atom is 0.306 e. The number of aliphatic carboxylic acids is 1. The third kappa shape index (κ3) is 3.46. The van der Waals surface area contributed by atoms with E-state index >= 15 is 0 Å². The van der Waals surface area contributed by atoms with Gasteiger partial charge in [0.1, 0.15) is 0 Å². The van der Waals surface area contributed by atoms with Gasteiger partial charge < -0.3 is 10.4 Å². The van der Waals surface area contributed by atoms with Crippen LogP contribution in [0.15, 0.2) is 18.2 Å². The second-order valence-electron chi connectivity index (χ2n) is 4.99. The van der Waals surface area contributed by atoms with E-state index in [2.05, 4.69) is 27.9 Å². The lowest BCUT2D eigenvalue weighted by atomic mass is 10.0. The van der Waals surface area contributed by atoms with Gasteiger partial charge in [0.15, 0.2) is 0 Å². The number of carboxylic acids is 1. The van der Waals surface area contributed by atoms with E-state index in [1.807, 2.05) is 25.1 Å². The molecule has 1 saturated carbocycles. The van der Waals surface area contributed by atoms with Crippen molar-refractivity contribution in [3.8, 4) is 0 Å². The zero-order valence-electron chi connectivity index (χ0n) is 10.6. The van der Waals surface area contributed by atoms with Gasteiger partial charge in [0.25, 0.3) is 0 Å². The van der Waals surface area contributed by atoms with Crippen LogP contribution in [0.4, 0.5) is 5.69 Å². The molecule has 0 aromatic heterocycles. The molecule has 5 heteroatoms. The standard InChI is InChI=1S/C14H16INO3/c1-8-2-5-11(15)7-12(8)16-13(17)9-3-4-10(6-9)14(18)19/h2,5,7,9-10H,3-4,6H2,1H3,(H,16,17)(H,18,19)/t9-,10+/m1/s1. The first-order valence-corrected chi connectivity index (χ1v) is 7.35. The fourth-order valence-corrected chi connectivity index (χ4v) is 2.90. The van der Waals surface area contributed by atoms with Crippen molar-refractivity contribution in [1.29, 1.82) is 0 Å². The third-order valence-electron chi connectivity index (χ3n) is 3.61. The molecular weight excluding hydrogens is 357 g/mol. The number of amides is 1. The molecule has 4 nitrogen and oxygen atoms in total. The number of nitrogens with one attached hydrogen (secondary N) is 1. The molecule has 0 saturated heterocycles. The van der Waals surface area contributed by atoms with E-state index in [0.29, 0.717) is 19.3 Å². The molecule has 0 heterocycles. The number of carbonyl (C=O) groups is 2. The summed E-state index contributed by atoms with van der Waals surface area (Å²) in [7, 11) is 0. The van der Waals surface area contributed by atoms with Crippen molar-refractivity contribution < 1.29 is 14.7 Å². The second kappa shape index (κ2) is 5.90. The zero-order chi connectivity index (χ0) is 14.0. The van der Waals surface area contributed by atoms with Crippen molar-refractivity contribution in [1.82, 2.24) is 0 Å². The Bertz CT molecular complexity index is 515. The molecule has 2 N–H and O–H groups in total. The number of halogens is 1. The number of carboxylic acid groups (broad SMARTS) is 1. The van der Waals surface area contributed by atoms with E-state index in [1.54, 1.807) is 0 Å². The highest BCUT2D eigenvalue weighted by molar-refractivity contribution is 14.1. The number of rotatable bonds is 3. The third-order valence-corrected chi connectivity index (χ3v) is 4.28. The quantitative estimate of drug-likeness (QED) is 0.801. The summed E-state index contributed by atoms with van der Waals surface area (Å²) in [5, 5.41) is 11.9. The molecule has 1 aromatic carbocycles. The van der Waals surface area contributed by atoms with Crippen molar-refractivity contribution in [2.45, 2.75) is 26.2 Å². The van der Waals surface area contributed by atoms with Crippen LogP contribution < -0.4 is 5.32 Å². The van der Waals surface area contributed by atoms with Gasteiger partial charge in [0.2, 0.25) is 5.91 Å². The Morgan fingerprint density at radius 1 is 1.32 bits per heavy atom. The number of benzene rings is 1. The maximum atomic E-state index is 12.1. The molecule has 0 unspecified atom stereocenters. The minimum atomic E-state index is -0.791. The summed E-state index contributed by atoms with van der Waals surface area (Å²) in [4.78, 5) is 23.0. The number of aryl methyl sites for hydroxylation is 1. The van der Waals surface area contributed by atoms with Crippen LogP contribution in [-0.2, 0) is 9.59 Å². The van der Waals surface area contributed by atoms with Crippen molar-refractivity contribution in [3.05, 3.63) is 27.3 Å². The maximum absolute atomic E-state index is 12.1. The Labute approximate surface area is 125 Å². The van der Waals surface area contributed by atoms with E-state index < -0.39 is 5.97 Å². The van der Waals surface area contributed by atoms with E-state index in [-0.39, 0.29) is 17.7 Å². The lowest BCUT2D eigenvalue weighted by Gasteiger charge is -2.13. The summed E-state index contributed by atoms with van der Waals surface area (Å²) >= 11 is 2.20. The fourth-order valence-electron chi connectivity index (χ4n) is 2.41. The van der Waals surface area contributed by atoms with Gasteiger partial charge in [-0.2, -0.15) is 0 Å². The summed E-state index contributed by atoms with van der Waals surface area (Å²) in [5.41, 5.74) is 1.83. The van der Waals surface area contributed by atoms with Gasteiger partial charge in [0.05, 0.1) is 5.92 Å². The normalized spacial score (nSPS) is 22.2. The molecule has 0 radical (unpaired) electrons. The average molecular weight is 373 g/mol. The summed E-state index contributed by atoms with van der Waals surface area (Å²) in [6.45, 7) is 1.94. The van der Waals surface area contributed by atoms with Crippen LogP contribution in [0.5, 0.6) is 0 Å². The zero-order valence-corrected chi connectivity index (χ0v) is 12.8. The van der Waals surface area contributed by atoms with E-state index in [1.165, 1.54) is 0 Å². The first kappa shape index (κ1) is 14.3. The van der Waals surface area contributed by atoms with Crippen LogP contribution in [0.25, 0.3) is 0 Å². The predicted octanol–water partition coefficient (Wildman–Crippen LogP) is 3.04.